The second-order valence-corrected chi connectivity index (χ2v) is 7.01. The molecule has 5 nitrogen and oxygen atoms in total. The summed E-state index contributed by atoms with van der Waals surface area (Å²) in [5.41, 5.74) is 1.20. The zero-order valence-electron chi connectivity index (χ0n) is 15.5. The summed E-state index contributed by atoms with van der Waals surface area (Å²) in [5, 5.41) is 9.40. The average molecular weight is 336 g/mol. The molecule has 1 N–H and O–H groups in total. The molecule has 0 spiro atoms. The summed E-state index contributed by atoms with van der Waals surface area (Å²) < 4.78 is 10.7. The van der Waals surface area contributed by atoms with E-state index in [0.717, 1.165) is 50.6 Å². The average Bonchev–Trinajstić information content (AvgIpc) is 2.56. The van der Waals surface area contributed by atoms with E-state index in [-0.39, 0.29) is 6.61 Å². The van der Waals surface area contributed by atoms with Crippen LogP contribution in [0, 0.1) is 5.92 Å². The van der Waals surface area contributed by atoms with Crippen LogP contribution >= 0.6 is 0 Å². The van der Waals surface area contributed by atoms with Crippen molar-refractivity contribution in [2.24, 2.45) is 5.92 Å². The standard InChI is InChI=1S/C19H32N2O3/c1-15(2)12-21-7-6-20(14-17(21)5-8-22)13-16-9-18(23-3)11-19(10-16)24-4/h9-11,15,17,22H,5-8,12-14H2,1-4H3. The van der Waals surface area contributed by atoms with Crippen LogP contribution in [0.15, 0.2) is 18.2 Å². The van der Waals surface area contributed by atoms with Gasteiger partial charge in [-0.25, -0.2) is 0 Å². The molecule has 1 atom stereocenters. The third-order valence-electron chi connectivity index (χ3n) is 4.57. The van der Waals surface area contributed by atoms with Crippen molar-refractivity contribution < 1.29 is 14.6 Å². The Hall–Kier alpha value is -1.30. The highest BCUT2D eigenvalue weighted by atomic mass is 16.5. The van der Waals surface area contributed by atoms with Crippen molar-refractivity contribution in [3.05, 3.63) is 23.8 Å². The summed E-state index contributed by atoms with van der Waals surface area (Å²) in [5.74, 6) is 2.31. The van der Waals surface area contributed by atoms with Gasteiger partial charge in [-0.2, -0.15) is 0 Å². The molecule has 1 heterocycles. The van der Waals surface area contributed by atoms with Gasteiger partial charge in [0.05, 0.1) is 14.2 Å². The highest BCUT2D eigenvalue weighted by molar-refractivity contribution is 5.38. The Morgan fingerprint density at radius 1 is 1.12 bits per heavy atom. The van der Waals surface area contributed by atoms with Crippen LogP contribution in [0.1, 0.15) is 25.8 Å². The molecule has 136 valence electrons. The third-order valence-corrected chi connectivity index (χ3v) is 4.57. The van der Waals surface area contributed by atoms with Crippen LogP contribution in [-0.2, 0) is 6.54 Å². The zero-order valence-corrected chi connectivity index (χ0v) is 15.5. The van der Waals surface area contributed by atoms with Crippen molar-refractivity contribution >= 4 is 0 Å². The minimum atomic E-state index is 0.250. The molecule has 0 bridgehead atoms. The number of nitrogens with zero attached hydrogens (tertiary/aromatic N) is 2. The number of ether oxygens (including phenoxy) is 2. The molecule has 1 saturated heterocycles. The lowest BCUT2D eigenvalue weighted by Gasteiger charge is -2.42. The molecule has 2 rings (SSSR count). The van der Waals surface area contributed by atoms with Crippen LogP contribution in [0.25, 0.3) is 0 Å². The summed E-state index contributed by atoms with van der Waals surface area (Å²) in [7, 11) is 3.36. The molecule has 1 aromatic carbocycles. The van der Waals surface area contributed by atoms with Crippen LogP contribution in [-0.4, -0.2) is 68.0 Å². The molecule has 0 aromatic heterocycles. The Bertz CT molecular complexity index is 485. The second kappa shape index (κ2) is 9.25. The predicted molar refractivity (Wildman–Crippen MR) is 96.7 cm³/mol. The summed E-state index contributed by atoms with van der Waals surface area (Å²) in [6.07, 6.45) is 0.838. The van der Waals surface area contributed by atoms with Crippen molar-refractivity contribution in [1.29, 1.82) is 0 Å². The summed E-state index contributed by atoms with van der Waals surface area (Å²) >= 11 is 0. The van der Waals surface area contributed by atoms with E-state index in [9.17, 15) is 5.11 Å². The lowest BCUT2D eigenvalue weighted by atomic mass is 10.1. The lowest BCUT2D eigenvalue weighted by molar-refractivity contribution is 0.0476. The first-order valence-corrected chi connectivity index (χ1v) is 8.85. The van der Waals surface area contributed by atoms with E-state index >= 15 is 0 Å². The normalized spacial score (nSPS) is 19.7. The monoisotopic (exact) mass is 336 g/mol. The number of aliphatic hydroxyl groups excluding tert-OH is 1. The van der Waals surface area contributed by atoms with Crippen molar-refractivity contribution in [3.63, 3.8) is 0 Å². The van der Waals surface area contributed by atoms with E-state index in [1.165, 1.54) is 5.56 Å². The molecule has 1 fully saturated rings. The minimum absolute atomic E-state index is 0.250. The first-order chi connectivity index (χ1) is 11.5. The summed E-state index contributed by atoms with van der Waals surface area (Å²) in [6.45, 7) is 9.84. The van der Waals surface area contributed by atoms with E-state index in [4.69, 9.17) is 9.47 Å². The Morgan fingerprint density at radius 3 is 2.33 bits per heavy atom. The van der Waals surface area contributed by atoms with Gasteiger partial charge in [0.1, 0.15) is 11.5 Å². The molecule has 0 saturated carbocycles. The molecule has 1 unspecified atom stereocenters. The summed E-state index contributed by atoms with van der Waals surface area (Å²) in [4.78, 5) is 4.99. The smallest absolute Gasteiger partial charge is 0.122 e. The number of hydrogen-bond donors (Lipinski definition) is 1. The molecule has 0 amide bonds. The molecule has 24 heavy (non-hydrogen) atoms. The van der Waals surface area contributed by atoms with E-state index < -0.39 is 0 Å². The molecular weight excluding hydrogens is 304 g/mol. The highest BCUT2D eigenvalue weighted by Crippen LogP contribution is 2.24. The number of piperazine rings is 1. The maximum atomic E-state index is 9.40. The van der Waals surface area contributed by atoms with Gasteiger partial charge in [0.25, 0.3) is 0 Å². The van der Waals surface area contributed by atoms with Crippen LogP contribution < -0.4 is 9.47 Å². The molecule has 1 aliphatic rings. The first kappa shape index (κ1) is 19.0. The highest BCUT2D eigenvalue weighted by Gasteiger charge is 2.27. The van der Waals surface area contributed by atoms with Gasteiger partial charge in [-0.15, -0.1) is 0 Å². The fourth-order valence-electron chi connectivity index (χ4n) is 3.45. The number of aliphatic hydroxyl groups is 1. The fraction of sp³-hybridized carbons (Fsp3) is 0.684. The lowest BCUT2D eigenvalue weighted by Crippen LogP contribution is -2.53. The predicted octanol–water partition coefficient (Wildman–Crippen LogP) is 2.23. The maximum absolute atomic E-state index is 9.40. The Labute approximate surface area is 146 Å². The van der Waals surface area contributed by atoms with Gasteiger partial charge < -0.3 is 14.6 Å². The second-order valence-electron chi connectivity index (χ2n) is 7.01. The van der Waals surface area contributed by atoms with Gasteiger partial charge >= 0.3 is 0 Å². The van der Waals surface area contributed by atoms with Gasteiger partial charge in [-0.05, 0) is 30.0 Å². The van der Waals surface area contributed by atoms with Gasteiger partial charge in [0.2, 0.25) is 0 Å². The van der Waals surface area contributed by atoms with E-state index in [0.29, 0.717) is 12.0 Å². The topological polar surface area (TPSA) is 45.2 Å². The first-order valence-electron chi connectivity index (χ1n) is 8.85. The van der Waals surface area contributed by atoms with E-state index in [1.54, 1.807) is 14.2 Å². The van der Waals surface area contributed by atoms with Gasteiger partial charge in [0.15, 0.2) is 0 Å². The molecule has 5 heteroatoms. The molecule has 0 radical (unpaired) electrons. The quantitative estimate of drug-likeness (QED) is 0.789. The zero-order chi connectivity index (χ0) is 17.5. The van der Waals surface area contributed by atoms with Crippen molar-refractivity contribution in [3.8, 4) is 11.5 Å². The third kappa shape index (κ3) is 5.36. The minimum Gasteiger partial charge on any atom is -0.497 e. The number of benzene rings is 1. The van der Waals surface area contributed by atoms with Crippen LogP contribution in [0.2, 0.25) is 0 Å². The fourth-order valence-corrected chi connectivity index (χ4v) is 3.45. The van der Waals surface area contributed by atoms with Crippen LogP contribution in [0.5, 0.6) is 11.5 Å². The Morgan fingerprint density at radius 2 is 1.79 bits per heavy atom. The van der Waals surface area contributed by atoms with Crippen molar-refractivity contribution in [2.45, 2.75) is 32.9 Å². The van der Waals surface area contributed by atoms with Gasteiger partial charge in [-0.1, -0.05) is 13.8 Å². The Kier molecular flexibility index (Phi) is 7.34. The van der Waals surface area contributed by atoms with Crippen LogP contribution in [0.4, 0.5) is 0 Å². The van der Waals surface area contributed by atoms with Gasteiger partial charge in [-0.3, -0.25) is 9.80 Å². The molecule has 0 aliphatic carbocycles. The molecule has 1 aromatic rings. The number of hydrogen-bond acceptors (Lipinski definition) is 5. The van der Waals surface area contributed by atoms with Gasteiger partial charge in [0, 0.05) is 51.4 Å². The van der Waals surface area contributed by atoms with Crippen molar-refractivity contribution in [2.75, 3.05) is 47.0 Å². The van der Waals surface area contributed by atoms with E-state index in [1.807, 2.05) is 6.07 Å². The largest absolute Gasteiger partial charge is 0.497 e. The SMILES string of the molecule is COc1cc(CN2CCN(CC(C)C)C(CCO)C2)cc(OC)c1. The summed E-state index contributed by atoms with van der Waals surface area (Å²) in [6, 6.07) is 6.48. The Balaban J connectivity index is 2.03. The molecule has 1 aliphatic heterocycles. The number of methoxy groups -OCH3 is 2. The molecular formula is C19H32N2O3. The maximum Gasteiger partial charge on any atom is 0.122 e. The van der Waals surface area contributed by atoms with Crippen LogP contribution in [0.3, 0.4) is 0 Å². The van der Waals surface area contributed by atoms with E-state index in [2.05, 4.69) is 35.8 Å². The number of rotatable bonds is 8. The van der Waals surface area contributed by atoms with Crippen molar-refractivity contribution in [1.82, 2.24) is 9.80 Å².